The van der Waals surface area contributed by atoms with Gasteiger partial charge in [-0.25, -0.2) is 17.9 Å². The van der Waals surface area contributed by atoms with E-state index < -0.39 is 22.2 Å². The Bertz CT molecular complexity index is 1220. The molecule has 1 aromatic carbocycles. The van der Waals surface area contributed by atoms with Crippen molar-refractivity contribution in [1.82, 2.24) is 14.9 Å². The maximum atomic E-state index is 12.6. The lowest BCUT2D eigenvalue weighted by atomic mass is 10.1. The summed E-state index contributed by atoms with van der Waals surface area (Å²) >= 11 is 3.03. The van der Waals surface area contributed by atoms with E-state index in [1.165, 1.54) is 35.3 Å². The Hall–Kier alpha value is -2.29. The third-order valence-electron chi connectivity index (χ3n) is 5.48. The maximum Gasteiger partial charge on any atom is 0.490 e. The van der Waals surface area contributed by atoms with E-state index in [2.05, 4.69) is 56.0 Å². The van der Waals surface area contributed by atoms with E-state index in [9.17, 15) is 21.6 Å². The summed E-state index contributed by atoms with van der Waals surface area (Å²) in [6, 6.07) is 14.0. The van der Waals surface area contributed by atoms with Crippen molar-refractivity contribution in [2.45, 2.75) is 36.3 Å². The number of carboxylic acid groups (broad SMARTS) is 1. The van der Waals surface area contributed by atoms with Gasteiger partial charge in [0.05, 0.1) is 0 Å². The Morgan fingerprint density at radius 2 is 1.65 bits per heavy atom. The number of thiophene rings is 2. The van der Waals surface area contributed by atoms with Gasteiger partial charge in [0.1, 0.15) is 4.21 Å². The topological polar surface area (TPSA) is 98.7 Å². The zero-order valence-corrected chi connectivity index (χ0v) is 22.3. The van der Waals surface area contributed by atoms with Gasteiger partial charge in [-0.15, -0.1) is 11.3 Å². The summed E-state index contributed by atoms with van der Waals surface area (Å²) < 4.78 is 60.0. The SMILES string of the molecule is O=C(O)C(F)(F)F.O=S(=O)(NCCN1CCCC1)c1ccc(-c2ccc(CNCc3ccsc3)cc2)s1. The van der Waals surface area contributed by atoms with Crippen LogP contribution in [0.3, 0.4) is 0 Å². The summed E-state index contributed by atoms with van der Waals surface area (Å²) in [4.78, 5) is 12.2. The Morgan fingerprint density at radius 1 is 1.00 bits per heavy atom. The molecule has 1 fully saturated rings. The zero-order chi connectivity index (χ0) is 26.9. The molecule has 7 nitrogen and oxygen atoms in total. The highest BCUT2D eigenvalue weighted by Gasteiger charge is 2.38. The standard InChI is InChI=1S/C22H27N3O2S3.C2HF3O2/c26-30(27,24-10-13-25-11-1-2-12-25)22-8-7-21(29-22)20-5-3-18(4-6-20)15-23-16-19-9-14-28-17-19;3-2(4,5)1(6)7/h3-9,14,17,23-24H,1-2,10-13,15-16H2;(H,6,7). The van der Waals surface area contributed by atoms with Crippen LogP contribution in [-0.2, 0) is 27.9 Å². The second-order valence-corrected chi connectivity index (χ2v) is 12.2. The number of carboxylic acids is 1. The smallest absolute Gasteiger partial charge is 0.475 e. The van der Waals surface area contributed by atoms with Gasteiger partial charge < -0.3 is 15.3 Å². The third kappa shape index (κ3) is 9.51. The van der Waals surface area contributed by atoms with Gasteiger partial charge in [-0.1, -0.05) is 24.3 Å². The lowest BCUT2D eigenvalue weighted by Crippen LogP contribution is -2.33. The molecule has 0 saturated carbocycles. The van der Waals surface area contributed by atoms with Crippen LogP contribution < -0.4 is 10.0 Å². The monoisotopic (exact) mass is 575 g/mol. The summed E-state index contributed by atoms with van der Waals surface area (Å²) in [5, 5.41) is 14.8. The van der Waals surface area contributed by atoms with Crippen LogP contribution in [0.25, 0.3) is 10.4 Å². The summed E-state index contributed by atoms with van der Waals surface area (Å²) in [6.45, 7) is 5.06. The lowest BCUT2D eigenvalue weighted by molar-refractivity contribution is -0.192. The average molecular weight is 576 g/mol. The number of rotatable bonds is 10. The van der Waals surface area contributed by atoms with Crippen LogP contribution in [0, 0.1) is 0 Å². The first-order chi connectivity index (χ1) is 17.5. The van der Waals surface area contributed by atoms with E-state index in [-0.39, 0.29) is 0 Å². The molecule has 4 rings (SSSR count). The van der Waals surface area contributed by atoms with E-state index >= 15 is 0 Å². The molecule has 1 aliphatic rings. The predicted molar refractivity (Wildman–Crippen MR) is 139 cm³/mol. The van der Waals surface area contributed by atoms with Crippen molar-refractivity contribution in [3.05, 3.63) is 64.4 Å². The Labute approximate surface area is 222 Å². The van der Waals surface area contributed by atoms with Gasteiger partial charge >= 0.3 is 12.1 Å². The molecule has 3 heterocycles. The Balaban J connectivity index is 0.000000479. The fraction of sp³-hybridized carbons (Fsp3) is 0.375. The van der Waals surface area contributed by atoms with Crippen LogP contribution >= 0.6 is 22.7 Å². The van der Waals surface area contributed by atoms with E-state index in [0.717, 1.165) is 43.2 Å². The summed E-state index contributed by atoms with van der Waals surface area (Å²) in [5.41, 5.74) is 3.56. The second-order valence-electron chi connectivity index (χ2n) is 8.30. The van der Waals surface area contributed by atoms with Crippen LogP contribution in [0.4, 0.5) is 13.2 Å². The molecule has 0 bridgehead atoms. The first-order valence-corrected chi connectivity index (χ1v) is 14.7. The first-order valence-electron chi connectivity index (χ1n) is 11.5. The number of likely N-dealkylation sites (tertiary alicyclic amines) is 1. The largest absolute Gasteiger partial charge is 0.490 e. The van der Waals surface area contributed by atoms with Gasteiger partial charge in [0.15, 0.2) is 0 Å². The number of hydrogen-bond donors (Lipinski definition) is 3. The average Bonchev–Trinajstić information content (AvgIpc) is 3.62. The molecule has 13 heteroatoms. The van der Waals surface area contributed by atoms with Gasteiger partial charge in [0, 0.05) is 31.1 Å². The highest BCUT2D eigenvalue weighted by Crippen LogP contribution is 2.30. The molecule has 0 aliphatic carbocycles. The molecule has 37 heavy (non-hydrogen) atoms. The van der Waals surface area contributed by atoms with Crippen molar-refractivity contribution < 1.29 is 31.5 Å². The van der Waals surface area contributed by atoms with Crippen molar-refractivity contribution in [1.29, 1.82) is 0 Å². The molecule has 1 saturated heterocycles. The van der Waals surface area contributed by atoms with Crippen molar-refractivity contribution in [2.75, 3.05) is 26.2 Å². The molecule has 3 aromatic rings. The first kappa shape index (κ1) is 29.3. The van der Waals surface area contributed by atoms with Crippen molar-refractivity contribution in [3.8, 4) is 10.4 Å². The molecule has 3 N–H and O–H groups in total. The number of hydrogen-bond acceptors (Lipinski definition) is 7. The minimum absolute atomic E-state index is 0.375. The highest BCUT2D eigenvalue weighted by molar-refractivity contribution is 7.91. The molecule has 0 unspecified atom stereocenters. The lowest BCUT2D eigenvalue weighted by Gasteiger charge is -2.14. The number of nitrogens with one attached hydrogen (secondary N) is 2. The van der Waals surface area contributed by atoms with Crippen LogP contribution in [0.5, 0.6) is 0 Å². The molecule has 0 atom stereocenters. The Kier molecular flexibility index (Phi) is 10.7. The summed E-state index contributed by atoms with van der Waals surface area (Å²) in [6.07, 6.45) is -2.66. The third-order valence-corrected chi connectivity index (χ3v) is 9.30. The van der Waals surface area contributed by atoms with Gasteiger partial charge in [-0.05, 0) is 71.6 Å². The van der Waals surface area contributed by atoms with Crippen LogP contribution in [0.15, 0.2) is 57.4 Å². The van der Waals surface area contributed by atoms with Gasteiger partial charge in [-0.3, -0.25) is 0 Å². The van der Waals surface area contributed by atoms with E-state index in [4.69, 9.17) is 9.90 Å². The van der Waals surface area contributed by atoms with Crippen LogP contribution in [0.2, 0.25) is 0 Å². The van der Waals surface area contributed by atoms with Crippen LogP contribution in [0.1, 0.15) is 24.0 Å². The molecular weight excluding hydrogens is 547 g/mol. The van der Waals surface area contributed by atoms with Crippen molar-refractivity contribution in [3.63, 3.8) is 0 Å². The Morgan fingerprint density at radius 3 is 2.24 bits per heavy atom. The van der Waals surface area contributed by atoms with Crippen LogP contribution in [-0.4, -0.2) is 56.7 Å². The minimum Gasteiger partial charge on any atom is -0.475 e. The van der Waals surface area contributed by atoms with Crippen molar-refractivity contribution in [2.24, 2.45) is 0 Å². The number of aliphatic carboxylic acids is 1. The zero-order valence-electron chi connectivity index (χ0n) is 19.8. The molecule has 202 valence electrons. The molecular formula is C24H28F3N3O4S3. The number of halogens is 3. The predicted octanol–water partition coefficient (Wildman–Crippen LogP) is 4.77. The number of benzene rings is 1. The maximum absolute atomic E-state index is 12.6. The highest BCUT2D eigenvalue weighted by atomic mass is 32.2. The number of sulfonamides is 1. The normalized spacial score (nSPS) is 14.4. The summed E-state index contributed by atoms with van der Waals surface area (Å²) in [5.74, 6) is -2.76. The van der Waals surface area contributed by atoms with E-state index in [1.807, 2.05) is 6.07 Å². The number of carbonyl (C=O) groups is 1. The van der Waals surface area contributed by atoms with Crippen molar-refractivity contribution >= 4 is 38.7 Å². The quantitative estimate of drug-likeness (QED) is 0.322. The van der Waals surface area contributed by atoms with E-state index in [0.29, 0.717) is 10.8 Å². The fourth-order valence-corrected chi connectivity index (χ4v) is 6.61. The molecule has 0 amide bonds. The number of alkyl halides is 3. The molecule has 2 aromatic heterocycles. The molecule has 0 radical (unpaired) electrons. The molecule has 1 aliphatic heterocycles. The van der Waals surface area contributed by atoms with Gasteiger partial charge in [0.2, 0.25) is 10.0 Å². The van der Waals surface area contributed by atoms with E-state index in [1.54, 1.807) is 17.4 Å². The van der Waals surface area contributed by atoms with Gasteiger partial charge in [0.25, 0.3) is 0 Å². The second kappa shape index (κ2) is 13.5. The minimum atomic E-state index is -5.08. The number of nitrogens with zero attached hydrogens (tertiary/aromatic N) is 1. The fourth-order valence-electron chi connectivity index (χ4n) is 3.57. The van der Waals surface area contributed by atoms with Gasteiger partial charge in [-0.2, -0.15) is 24.5 Å². The molecule has 0 spiro atoms. The summed E-state index contributed by atoms with van der Waals surface area (Å²) in [7, 11) is -3.45.